The lowest BCUT2D eigenvalue weighted by atomic mass is 10.1. The summed E-state index contributed by atoms with van der Waals surface area (Å²) in [6.45, 7) is 1.91. The summed E-state index contributed by atoms with van der Waals surface area (Å²) in [7, 11) is 0. The Morgan fingerprint density at radius 2 is 2.09 bits per heavy atom. The van der Waals surface area contributed by atoms with E-state index in [1.807, 2.05) is 13.0 Å². The van der Waals surface area contributed by atoms with Gasteiger partial charge in [0.15, 0.2) is 0 Å². The number of halogens is 1. The molecular weight excluding hydrogens is 143 g/mol. The van der Waals surface area contributed by atoms with Crippen molar-refractivity contribution in [1.29, 1.82) is 0 Å². The smallest absolute Gasteiger partial charge is 0.182 e. The van der Waals surface area contributed by atoms with E-state index in [1.54, 1.807) is 18.2 Å². The molecule has 0 aromatic heterocycles. The SMILES string of the molecule is Cc1cccc(C2(F)N=N2)c1. The molecule has 11 heavy (non-hydrogen) atoms. The molecule has 1 aromatic rings. The molecule has 1 aliphatic heterocycles. The van der Waals surface area contributed by atoms with Crippen LogP contribution in [0.25, 0.3) is 0 Å². The van der Waals surface area contributed by atoms with E-state index in [9.17, 15) is 4.39 Å². The molecule has 1 aliphatic rings. The quantitative estimate of drug-likeness (QED) is 0.549. The van der Waals surface area contributed by atoms with Gasteiger partial charge in [-0.05, 0) is 13.0 Å². The van der Waals surface area contributed by atoms with Gasteiger partial charge in [0, 0.05) is 5.56 Å². The summed E-state index contributed by atoms with van der Waals surface area (Å²) >= 11 is 0. The summed E-state index contributed by atoms with van der Waals surface area (Å²) in [5.74, 6) is -1.72. The number of rotatable bonds is 1. The molecule has 0 N–H and O–H groups in total. The van der Waals surface area contributed by atoms with Crippen molar-refractivity contribution in [2.45, 2.75) is 12.8 Å². The summed E-state index contributed by atoms with van der Waals surface area (Å²) < 4.78 is 13.1. The van der Waals surface area contributed by atoms with Gasteiger partial charge in [-0.3, -0.25) is 0 Å². The number of benzene rings is 1. The molecule has 1 heterocycles. The number of hydrogen-bond acceptors (Lipinski definition) is 2. The maximum atomic E-state index is 13.1. The zero-order valence-electron chi connectivity index (χ0n) is 6.08. The lowest BCUT2D eigenvalue weighted by Gasteiger charge is -2.00. The molecule has 0 spiro atoms. The fraction of sp³-hybridized carbons (Fsp3) is 0.250. The molecule has 0 bridgehead atoms. The van der Waals surface area contributed by atoms with Crippen LogP contribution >= 0.6 is 0 Å². The third kappa shape index (κ3) is 1.02. The minimum atomic E-state index is -1.72. The Bertz CT molecular complexity index is 314. The molecule has 0 atom stereocenters. The molecule has 0 saturated carbocycles. The van der Waals surface area contributed by atoms with Gasteiger partial charge < -0.3 is 0 Å². The molecule has 2 rings (SSSR count). The van der Waals surface area contributed by atoms with E-state index in [0.717, 1.165) is 5.56 Å². The summed E-state index contributed by atoms with van der Waals surface area (Å²) in [5, 5.41) is 6.61. The van der Waals surface area contributed by atoms with Crippen LogP contribution in [-0.4, -0.2) is 0 Å². The van der Waals surface area contributed by atoms with Crippen LogP contribution in [0.3, 0.4) is 0 Å². The van der Waals surface area contributed by atoms with Gasteiger partial charge in [0.2, 0.25) is 0 Å². The molecule has 1 aromatic carbocycles. The van der Waals surface area contributed by atoms with E-state index in [-0.39, 0.29) is 0 Å². The zero-order valence-corrected chi connectivity index (χ0v) is 6.08. The lowest BCUT2D eigenvalue weighted by Crippen LogP contribution is -1.98. The second kappa shape index (κ2) is 1.87. The van der Waals surface area contributed by atoms with Crippen LogP contribution in [0.4, 0.5) is 4.39 Å². The molecule has 0 radical (unpaired) electrons. The molecule has 0 aliphatic carbocycles. The van der Waals surface area contributed by atoms with Gasteiger partial charge >= 0.3 is 5.92 Å². The van der Waals surface area contributed by atoms with E-state index in [2.05, 4.69) is 10.2 Å². The number of alkyl halides is 1. The minimum Gasteiger partial charge on any atom is -0.182 e. The van der Waals surface area contributed by atoms with E-state index in [0.29, 0.717) is 5.56 Å². The van der Waals surface area contributed by atoms with E-state index in [4.69, 9.17) is 0 Å². The number of hydrogen-bond donors (Lipinski definition) is 0. The van der Waals surface area contributed by atoms with Crippen LogP contribution in [0, 0.1) is 6.92 Å². The van der Waals surface area contributed by atoms with Crippen molar-refractivity contribution in [3.63, 3.8) is 0 Å². The average Bonchev–Trinajstić information content (AvgIpc) is 2.70. The highest BCUT2D eigenvalue weighted by Crippen LogP contribution is 2.40. The highest BCUT2D eigenvalue weighted by Gasteiger charge is 2.42. The van der Waals surface area contributed by atoms with Gasteiger partial charge in [0.05, 0.1) is 0 Å². The Morgan fingerprint density at radius 3 is 2.64 bits per heavy atom. The van der Waals surface area contributed by atoms with Crippen LogP contribution < -0.4 is 0 Å². The molecule has 56 valence electrons. The predicted octanol–water partition coefficient (Wildman–Crippen LogP) is 2.54. The highest BCUT2D eigenvalue weighted by atomic mass is 19.2. The van der Waals surface area contributed by atoms with Gasteiger partial charge in [0.1, 0.15) is 0 Å². The van der Waals surface area contributed by atoms with Crippen LogP contribution in [0.15, 0.2) is 34.5 Å². The summed E-state index contributed by atoms with van der Waals surface area (Å²) in [5.41, 5.74) is 1.55. The standard InChI is InChI=1S/C8H7FN2/c1-6-3-2-4-7(5-6)8(9)10-11-8/h2-5H,1H3. The van der Waals surface area contributed by atoms with Crippen LogP contribution in [-0.2, 0) is 5.92 Å². The maximum absolute atomic E-state index is 13.1. The first-order valence-electron chi connectivity index (χ1n) is 3.41. The van der Waals surface area contributed by atoms with Crippen molar-refractivity contribution < 1.29 is 4.39 Å². The van der Waals surface area contributed by atoms with E-state index < -0.39 is 5.92 Å². The average molecular weight is 150 g/mol. The van der Waals surface area contributed by atoms with Crippen molar-refractivity contribution in [2.75, 3.05) is 0 Å². The van der Waals surface area contributed by atoms with Crippen LogP contribution in [0.5, 0.6) is 0 Å². The molecule has 0 saturated heterocycles. The second-order valence-electron chi connectivity index (χ2n) is 2.66. The van der Waals surface area contributed by atoms with Crippen molar-refractivity contribution in [3.8, 4) is 0 Å². The molecule has 0 amide bonds. The third-order valence-corrected chi connectivity index (χ3v) is 1.66. The Hall–Kier alpha value is -1.25. The first-order chi connectivity index (χ1) is 5.21. The largest absolute Gasteiger partial charge is 0.354 e. The fourth-order valence-corrected chi connectivity index (χ4v) is 1.00. The van der Waals surface area contributed by atoms with Gasteiger partial charge in [-0.1, -0.05) is 23.8 Å². The molecule has 2 nitrogen and oxygen atoms in total. The molecule has 0 fully saturated rings. The number of aryl methyl sites for hydroxylation is 1. The Morgan fingerprint density at radius 1 is 1.36 bits per heavy atom. The normalized spacial score (nSPS) is 18.4. The molecule has 0 unspecified atom stereocenters. The van der Waals surface area contributed by atoms with Crippen molar-refractivity contribution in [2.24, 2.45) is 10.2 Å². The minimum absolute atomic E-state index is 0.525. The fourth-order valence-electron chi connectivity index (χ4n) is 1.00. The maximum Gasteiger partial charge on any atom is 0.354 e. The predicted molar refractivity (Wildman–Crippen MR) is 38.8 cm³/mol. The van der Waals surface area contributed by atoms with Crippen molar-refractivity contribution in [1.82, 2.24) is 0 Å². The molecular formula is C8H7FN2. The summed E-state index contributed by atoms with van der Waals surface area (Å²) in [6, 6.07) is 7.15. The van der Waals surface area contributed by atoms with Gasteiger partial charge in [0.25, 0.3) is 0 Å². The molecule has 3 heteroatoms. The lowest BCUT2D eigenvalue weighted by molar-refractivity contribution is 0.290. The van der Waals surface area contributed by atoms with Crippen LogP contribution in [0.1, 0.15) is 11.1 Å². The first kappa shape index (κ1) is 6.46. The van der Waals surface area contributed by atoms with Crippen molar-refractivity contribution in [3.05, 3.63) is 35.4 Å². The Labute approximate surface area is 63.8 Å². The van der Waals surface area contributed by atoms with E-state index in [1.165, 1.54) is 0 Å². The van der Waals surface area contributed by atoms with E-state index >= 15 is 0 Å². The highest BCUT2D eigenvalue weighted by molar-refractivity contribution is 5.28. The topological polar surface area (TPSA) is 24.7 Å². The second-order valence-corrected chi connectivity index (χ2v) is 2.66. The first-order valence-corrected chi connectivity index (χ1v) is 3.41. The van der Waals surface area contributed by atoms with Gasteiger partial charge in [-0.15, -0.1) is 10.2 Å². The number of nitrogens with zero attached hydrogens (tertiary/aromatic N) is 2. The van der Waals surface area contributed by atoms with Gasteiger partial charge in [-0.25, -0.2) is 0 Å². The van der Waals surface area contributed by atoms with Crippen LogP contribution in [0.2, 0.25) is 0 Å². The Balaban J connectivity index is 2.39. The Kier molecular flexibility index (Phi) is 1.10. The summed E-state index contributed by atoms with van der Waals surface area (Å²) in [4.78, 5) is 0. The summed E-state index contributed by atoms with van der Waals surface area (Å²) in [6.07, 6.45) is 0. The van der Waals surface area contributed by atoms with Gasteiger partial charge in [-0.2, -0.15) is 4.39 Å². The van der Waals surface area contributed by atoms with Crippen molar-refractivity contribution >= 4 is 0 Å². The monoisotopic (exact) mass is 150 g/mol. The third-order valence-electron chi connectivity index (χ3n) is 1.66. The zero-order chi connectivity index (χ0) is 7.90.